The molecular formula is C13H9FO3S. The van der Waals surface area contributed by atoms with Gasteiger partial charge in [0.15, 0.2) is 0 Å². The van der Waals surface area contributed by atoms with Gasteiger partial charge in [-0.15, -0.1) is 0 Å². The second-order valence-corrected chi connectivity index (χ2v) is 4.65. The molecule has 0 aliphatic carbocycles. The monoisotopic (exact) mass is 264 g/mol. The molecule has 2 aromatic rings. The van der Waals surface area contributed by atoms with E-state index in [1.165, 1.54) is 0 Å². The van der Waals surface area contributed by atoms with E-state index in [1.807, 2.05) is 18.2 Å². The molecule has 0 fully saturated rings. The van der Waals surface area contributed by atoms with Crippen LogP contribution in [0.1, 0.15) is 0 Å². The summed E-state index contributed by atoms with van der Waals surface area (Å²) in [6.45, 7) is 0. The normalized spacial score (nSPS) is 12.3. The zero-order valence-corrected chi connectivity index (χ0v) is 9.99. The van der Waals surface area contributed by atoms with Crippen LogP contribution in [0.25, 0.3) is 10.8 Å². The molecule has 0 aliphatic rings. The van der Waals surface area contributed by atoms with Crippen molar-refractivity contribution in [3.63, 3.8) is 0 Å². The van der Waals surface area contributed by atoms with Gasteiger partial charge in [0.1, 0.15) is 0 Å². The minimum Gasteiger partial charge on any atom is -0.479 e. The Morgan fingerprint density at radius 3 is 2.50 bits per heavy atom. The number of rotatable bonds is 3. The molecule has 3 nitrogen and oxygen atoms in total. The van der Waals surface area contributed by atoms with E-state index in [0.29, 0.717) is 16.7 Å². The SMILES string of the molecule is O=C(O)C(F)C(=O)Sc1cccc2ccccc12. The average Bonchev–Trinajstić information content (AvgIpc) is 2.38. The molecule has 0 saturated carbocycles. The molecule has 1 unspecified atom stereocenters. The first-order valence-corrected chi connectivity index (χ1v) is 5.97. The summed E-state index contributed by atoms with van der Waals surface area (Å²) in [4.78, 5) is 22.3. The van der Waals surface area contributed by atoms with Crippen LogP contribution in [0.5, 0.6) is 0 Å². The maximum atomic E-state index is 13.0. The van der Waals surface area contributed by atoms with Crippen molar-refractivity contribution in [1.29, 1.82) is 0 Å². The predicted octanol–water partition coefficient (Wildman–Crippen LogP) is 2.88. The molecule has 0 aromatic heterocycles. The van der Waals surface area contributed by atoms with Gasteiger partial charge in [-0.1, -0.05) is 36.4 Å². The fraction of sp³-hybridized carbons (Fsp3) is 0.0769. The zero-order chi connectivity index (χ0) is 13.1. The number of carboxylic acids is 1. The van der Waals surface area contributed by atoms with Crippen molar-refractivity contribution in [2.75, 3.05) is 0 Å². The third-order valence-electron chi connectivity index (χ3n) is 2.38. The summed E-state index contributed by atoms with van der Waals surface area (Å²) in [5.74, 6) is -1.76. The smallest absolute Gasteiger partial charge is 0.347 e. The van der Waals surface area contributed by atoms with E-state index in [9.17, 15) is 14.0 Å². The number of hydrogen-bond acceptors (Lipinski definition) is 3. The molecule has 1 N–H and O–H groups in total. The first-order chi connectivity index (χ1) is 8.59. The molecule has 0 amide bonds. The van der Waals surface area contributed by atoms with Gasteiger partial charge >= 0.3 is 5.97 Å². The number of benzene rings is 2. The molecule has 2 aromatic carbocycles. The summed E-state index contributed by atoms with van der Waals surface area (Å²) in [5, 5.41) is 9.14. The van der Waals surface area contributed by atoms with Crippen LogP contribution >= 0.6 is 11.8 Å². The van der Waals surface area contributed by atoms with E-state index in [-0.39, 0.29) is 0 Å². The molecule has 0 spiro atoms. The van der Waals surface area contributed by atoms with Gasteiger partial charge in [0.2, 0.25) is 5.12 Å². The molecule has 2 rings (SSSR count). The molecule has 0 aliphatic heterocycles. The number of halogens is 1. The standard InChI is InChI=1S/C13H9FO3S/c14-11(12(15)16)13(17)18-10-7-3-5-8-4-1-2-6-9(8)10/h1-7,11H,(H,15,16). The molecule has 0 heterocycles. The van der Waals surface area contributed by atoms with Crippen LogP contribution in [-0.4, -0.2) is 22.4 Å². The Labute approximate surface area is 107 Å². The topological polar surface area (TPSA) is 54.4 Å². The fourth-order valence-corrected chi connectivity index (χ4v) is 2.41. The zero-order valence-electron chi connectivity index (χ0n) is 9.17. The van der Waals surface area contributed by atoms with Crippen molar-refractivity contribution >= 4 is 33.6 Å². The highest BCUT2D eigenvalue weighted by atomic mass is 32.2. The van der Waals surface area contributed by atoms with Gasteiger partial charge in [-0.3, -0.25) is 4.79 Å². The summed E-state index contributed by atoms with van der Waals surface area (Å²) in [7, 11) is 0. The van der Waals surface area contributed by atoms with E-state index in [1.54, 1.807) is 24.3 Å². The van der Waals surface area contributed by atoms with Crippen molar-refractivity contribution in [3.05, 3.63) is 42.5 Å². The van der Waals surface area contributed by atoms with Gasteiger partial charge < -0.3 is 5.11 Å². The minimum absolute atomic E-state index is 0.557. The van der Waals surface area contributed by atoms with Crippen molar-refractivity contribution in [3.8, 4) is 0 Å². The molecule has 1 atom stereocenters. The van der Waals surface area contributed by atoms with Crippen molar-refractivity contribution in [1.82, 2.24) is 0 Å². The van der Waals surface area contributed by atoms with Crippen molar-refractivity contribution in [2.45, 2.75) is 11.1 Å². The van der Waals surface area contributed by atoms with Crippen LogP contribution in [-0.2, 0) is 9.59 Å². The van der Waals surface area contributed by atoms with Gasteiger partial charge in [0.25, 0.3) is 6.17 Å². The number of aliphatic carboxylic acids is 1. The van der Waals surface area contributed by atoms with Crippen LogP contribution in [0, 0.1) is 0 Å². The summed E-state index contributed by atoms with van der Waals surface area (Å²) in [6.07, 6.45) is -2.49. The van der Waals surface area contributed by atoms with Crippen LogP contribution in [0.4, 0.5) is 4.39 Å². The second-order valence-electron chi connectivity index (χ2n) is 3.60. The van der Waals surface area contributed by atoms with Gasteiger partial charge in [0, 0.05) is 4.90 Å². The Morgan fingerprint density at radius 2 is 1.78 bits per heavy atom. The van der Waals surface area contributed by atoms with E-state index in [0.717, 1.165) is 10.8 Å². The lowest BCUT2D eigenvalue weighted by Crippen LogP contribution is -2.22. The third-order valence-corrected chi connectivity index (χ3v) is 3.37. The summed E-state index contributed by atoms with van der Waals surface area (Å²) >= 11 is 0.615. The Balaban J connectivity index is 2.32. The second kappa shape index (κ2) is 5.18. The number of carboxylic acid groups (broad SMARTS) is 1. The van der Waals surface area contributed by atoms with Gasteiger partial charge in [-0.25, -0.2) is 9.18 Å². The Hall–Kier alpha value is -1.88. The molecular weight excluding hydrogens is 255 g/mol. The fourth-order valence-electron chi connectivity index (χ4n) is 1.55. The molecule has 5 heteroatoms. The van der Waals surface area contributed by atoms with Gasteiger partial charge in [0.05, 0.1) is 0 Å². The number of alkyl halides is 1. The van der Waals surface area contributed by atoms with Crippen LogP contribution in [0.3, 0.4) is 0 Å². The average molecular weight is 264 g/mol. The lowest BCUT2D eigenvalue weighted by molar-refractivity contribution is -0.145. The highest BCUT2D eigenvalue weighted by Gasteiger charge is 2.26. The van der Waals surface area contributed by atoms with Crippen LogP contribution in [0.15, 0.2) is 47.4 Å². The Kier molecular flexibility index (Phi) is 3.62. The minimum atomic E-state index is -2.49. The number of fused-ring (bicyclic) bond motifs is 1. The highest BCUT2D eigenvalue weighted by Crippen LogP contribution is 2.29. The molecule has 18 heavy (non-hydrogen) atoms. The molecule has 0 saturated heterocycles. The number of carbonyl (C=O) groups is 2. The summed E-state index contributed by atoms with van der Waals surface area (Å²) < 4.78 is 13.0. The molecule has 0 radical (unpaired) electrons. The maximum Gasteiger partial charge on any atom is 0.347 e. The van der Waals surface area contributed by atoms with E-state index in [4.69, 9.17) is 5.11 Å². The van der Waals surface area contributed by atoms with E-state index >= 15 is 0 Å². The maximum absolute atomic E-state index is 13.0. The summed E-state index contributed by atoms with van der Waals surface area (Å²) in [6, 6.07) is 12.6. The van der Waals surface area contributed by atoms with Crippen LogP contribution < -0.4 is 0 Å². The first kappa shape index (κ1) is 12.6. The van der Waals surface area contributed by atoms with E-state index < -0.39 is 17.3 Å². The van der Waals surface area contributed by atoms with Gasteiger partial charge in [-0.2, -0.15) is 0 Å². The molecule has 0 bridgehead atoms. The number of thioether (sulfide) groups is 1. The largest absolute Gasteiger partial charge is 0.479 e. The Morgan fingerprint density at radius 1 is 1.11 bits per heavy atom. The lowest BCUT2D eigenvalue weighted by atomic mass is 10.1. The summed E-state index contributed by atoms with van der Waals surface area (Å²) in [5.41, 5.74) is 0. The van der Waals surface area contributed by atoms with Crippen molar-refractivity contribution in [2.24, 2.45) is 0 Å². The van der Waals surface area contributed by atoms with Gasteiger partial charge in [-0.05, 0) is 28.6 Å². The Bertz CT molecular complexity index is 607. The van der Waals surface area contributed by atoms with E-state index in [2.05, 4.69) is 0 Å². The quantitative estimate of drug-likeness (QED) is 0.684. The predicted molar refractivity (Wildman–Crippen MR) is 67.3 cm³/mol. The number of carbonyl (C=O) groups excluding carboxylic acids is 1. The highest BCUT2D eigenvalue weighted by molar-refractivity contribution is 8.14. The van der Waals surface area contributed by atoms with Crippen molar-refractivity contribution < 1.29 is 19.1 Å². The molecule has 92 valence electrons. The lowest BCUT2D eigenvalue weighted by Gasteiger charge is -2.05. The van der Waals surface area contributed by atoms with Crippen LogP contribution in [0.2, 0.25) is 0 Å². The third kappa shape index (κ3) is 2.51. The number of hydrogen-bond donors (Lipinski definition) is 1. The first-order valence-electron chi connectivity index (χ1n) is 5.16.